The summed E-state index contributed by atoms with van der Waals surface area (Å²) in [6.07, 6.45) is 1.51. The van der Waals surface area contributed by atoms with Crippen LogP contribution in [0.5, 0.6) is 0 Å². The number of fused-ring (bicyclic) bond motifs is 1. The Balaban J connectivity index is 1.55. The second-order valence-electron chi connectivity index (χ2n) is 5.77. The van der Waals surface area contributed by atoms with Gasteiger partial charge in [0.2, 0.25) is 0 Å². The van der Waals surface area contributed by atoms with Crippen LogP contribution in [0.4, 0.5) is 0 Å². The van der Waals surface area contributed by atoms with Gasteiger partial charge in [0.25, 0.3) is 11.8 Å². The van der Waals surface area contributed by atoms with E-state index in [1.165, 1.54) is 6.26 Å². The second-order valence-corrected chi connectivity index (χ2v) is 5.77. The topological polar surface area (TPSA) is 91.2 Å². The summed E-state index contributed by atoms with van der Waals surface area (Å²) in [7, 11) is 0. The molecule has 130 valence electrons. The molecule has 3 heterocycles. The van der Waals surface area contributed by atoms with Crippen LogP contribution in [-0.2, 0) is 11.3 Å². The van der Waals surface area contributed by atoms with E-state index in [-0.39, 0.29) is 18.4 Å². The number of hydrogen-bond donors (Lipinski definition) is 0. The fraction of sp³-hybridized carbons (Fsp3) is 0.158. The Morgan fingerprint density at radius 1 is 1.12 bits per heavy atom. The van der Waals surface area contributed by atoms with E-state index < -0.39 is 5.97 Å². The van der Waals surface area contributed by atoms with E-state index >= 15 is 0 Å². The molecule has 7 nitrogen and oxygen atoms in total. The number of benzene rings is 1. The van der Waals surface area contributed by atoms with Crippen LogP contribution >= 0.6 is 0 Å². The lowest BCUT2D eigenvalue weighted by atomic mass is 10.0. The van der Waals surface area contributed by atoms with Crippen molar-refractivity contribution in [2.75, 3.05) is 0 Å². The SMILES string of the molecule is Cc1nc2ccccc2c(C)c1C(=O)OCc1nnc(-c2ccco2)o1. The molecule has 3 aromatic heterocycles. The van der Waals surface area contributed by atoms with Gasteiger partial charge in [-0.15, -0.1) is 10.2 Å². The molecule has 0 aliphatic carbocycles. The molecule has 7 heteroatoms. The van der Waals surface area contributed by atoms with Crippen LogP contribution in [0.1, 0.15) is 27.5 Å². The third kappa shape index (κ3) is 2.83. The van der Waals surface area contributed by atoms with Crippen molar-refractivity contribution in [2.24, 2.45) is 0 Å². The molecule has 26 heavy (non-hydrogen) atoms. The number of ether oxygens (including phenoxy) is 1. The van der Waals surface area contributed by atoms with E-state index in [0.29, 0.717) is 17.0 Å². The van der Waals surface area contributed by atoms with Crippen LogP contribution in [0.15, 0.2) is 51.5 Å². The zero-order valence-electron chi connectivity index (χ0n) is 14.2. The van der Waals surface area contributed by atoms with Gasteiger partial charge in [-0.2, -0.15) is 0 Å². The minimum Gasteiger partial charge on any atom is -0.459 e. The highest BCUT2D eigenvalue weighted by atomic mass is 16.5. The van der Waals surface area contributed by atoms with Crippen molar-refractivity contribution in [3.05, 3.63) is 65.4 Å². The van der Waals surface area contributed by atoms with Gasteiger partial charge in [-0.1, -0.05) is 18.2 Å². The minimum absolute atomic E-state index is 0.127. The number of aromatic nitrogens is 3. The van der Waals surface area contributed by atoms with Gasteiger partial charge in [0, 0.05) is 5.39 Å². The standard InChI is InChI=1S/C19H15N3O4/c1-11-13-6-3-4-7-14(13)20-12(2)17(11)19(23)25-10-16-21-22-18(26-16)15-8-5-9-24-15/h3-9H,10H2,1-2H3. The van der Waals surface area contributed by atoms with Crippen molar-refractivity contribution in [2.45, 2.75) is 20.5 Å². The number of furan rings is 1. The quantitative estimate of drug-likeness (QED) is 0.517. The highest BCUT2D eigenvalue weighted by Crippen LogP contribution is 2.24. The highest BCUT2D eigenvalue weighted by molar-refractivity contribution is 5.98. The Hall–Kier alpha value is -3.48. The van der Waals surface area contributed by atoms with Crippen molar-refractivity contribution in [3.63, 3.8) is 0 Å². The van der Waals surface area contributed by atoms with E-state index in [4.69, 9.17) is 13.6 Å². The molecule has 0 N–H and O–H groups in total. The Bertz CT molecular complexity index is 1080. The predicted molar refractivity (Wildman–Crippen MR) is 92.3 cm³/mol. The van der Waals surface area contributed by atoms with Crippen LogP contribution in [-0.4, -0.2) is 21.2 Å². The van der Waals surface area contributed by atoms with Crippen molar-refractivity contribution in [1.29, 1.82) is 0 Å². The molecule has 0 aliphatic rings. The van der Waals surface area contributed by atoms with Gasteiger partial charge >= 0.3 is 5.97 Å². The molecule has 0 saturated carbocycles. The van der Waals surface area contributed by atoms with Crippen molar-refractivity contribution in [1.82, 2.24) is 15.2 Å². The van der Waals surface area contributed by atoms with Crippen LogP contribution in [0.2, 0.25) is 0 Å². The number of pyridine rings is 1. The molecule has 4 aromatic rings. The molecule has 0 amide bonds. The maximum absolute atomic E-state index is 12.6. The molecule has 1 aromatic carbocycles. The smallest absolute Gasteiger partial charge is 0.340 e. The maximum Gasteiger partial charge on any atom is 0.340 e. The van der Waals surface area contributed by atoms with Gasteiger partial charge in [0.05, 0.1) is 23.0 Å². The number of hydrogen-bond acceptors (Lipinski definition) is 7. The monoisotopic (exact) mass is 349 g/mol. The van der Waals surface area contributed by atoms with E-state index in [2.05, 4.69) is 15.2 Å². The molecular weight excluding hydrogens is 334 g/mol. The van der Waals surface area contributed by atoms with Crippen LogP contribution < -0.4 is 0 Å². The van der Waals surface area contributed by atoms with E-state index in [1.807, 2.05) is 31.2 Å². The number of carbonyl (C=O) groups excluding carboxylic acids is 1. The van der Waals surface area contributed by atoms with Crippen molar-refractivity contribution in [3.8, 4) is 11.7 Å². The molecule has 0 fully saturated rings. The number of para-hydroxylation sites is 1. The number of nitrogens with zero attached hydrogens (tertiary/aromatic N) is 3. The molecule has 0 atom stereocenters. The average Bonchev–Trinajstić information content (AvgIpc) is 3.31. The summed E-state index contributed by atoms with van der Waals surface area (Å²) in [6, 6.07) is 11.1. The Kier molecular flexibility index (Phi) is 3.96. The predicted octanol–water partition coefficient (Wildman–Crippen LogP) is 3.85. The van der Waals surface area contributed by atoms with E-state index in [9.17, 15) is 4.79 Å². The molecule has 4 rings (SSSR count). The molecule has 0 unspecified atom stereocenters. The zero-order valence-corrected chi connectivity index (χ0v) is 14.2. The highest BCUT2D eigenvalue weighted by Gasteiger charge is 2.19. The maximum atomic E-state index is 12.6. The van der Waals surface area contributed by atoms with Gasteiger partial charge in [-0.3, -0.25) is 4.98 Å². The molecule has 0 radical (unpaired) electrons. The van der Waals surface area contributed by atoms with Crippen LogP contribution in [0.3, 0.4) is 0 Å². The first-order chi connectivity index (χ1) is 12.6. The normalized spacial score (nSPS) is 11.0. The lowest BCUT2D eigenvalue weighted by molar-refractivity contribution is 0.0436. The van der Waals surface area contributed by atoms with Gasteiger partial charge in [0.15, 0.2) is 12.4 Å². The summed E-state index contributed by atoms with van der Waals surface area (Å²) in [5.74, 6) is 0.408. The number of esters is 1. The molecule has 0 bridgehead atoms. The first-order valence-electron chi connectivity index (χ1n) is 8.03. The number of carbonyl (C=O) groups is 1. The fourth-order valence-electron chi connectivity index (χ4n) is 2.84. The second kappa shape index (κ2) is 6.44. The molecule has 0 saturated heterocycles. The third-order valence-corrected chi connectivity index (χ3v) is 4.06. The van der Waals surface area contributed by atoms with Crippen LogP contribution in [0, 0.1) is 13.8 Å². The van der Waals surface area contributed by atoms with Gasteiger partial charge in [-0.25, -0.2) is 4.79 Å². The Morgan fingerprint density at radius 3 is 2.77 bits per heavy atom. The van der Waals surface area contributed by atoms with Gasteiger partial charge in [0.1, 0.15) is 0 Å². The summed E-state index contributed by atoms with van der Waals surface area (Å²) < 4.78 is 16.0. The van der Waals surface area contributed by atoms with Gasteiger partial charge < -0.3 is 13.6 Å². The van der Waals surface area contributed by atoms with Crippen molar-refractivity contribution < 1.29 is 18.4 Å². The lowest BCUT2D eigenvalue weighted by Gasteiger charge is -2.11. The number of aryl methyl sites for hydroxylation is 2. The molecule has 0 aliphatic heterocycles. The summed E-state index contributed by atoms with van der Waals surface area (Å²) in [4.78, 5) is 17.1. The molecular formula is C19H15N3O4. The number of rotatable bonds is 4. The Labute approximate surface area is 148 Å². The summed E-state index contributed by atoms with van der Waals surface area (Å²) in [5.41, 5.74) is 2.75. The largest absolute Gasteiger partial charge is 0.459 e. The third-order valence-electron chi connectivity index (χ3n) is 4.06. The lowest BCUT2D eigenvalue weighted by Crippen LogP contribution is -2.11. The summed E-state index contributed by atoms with van der Waals surface area (Å²) in [6.45, 7) is 3.55. The minimum atomic E-state index is -0.476. The van der Waals surface area contributed by atoms with Crippen LogP contribution in [0.25, 0.3) is 22.6 Å². The first kappa shape index (κ1) is 16.0. The Morgan fingerprint density at radius 2 is 1.96 bits per heavy atom. The van der Waals surface area contributed by atoms with E-state index in [1.54, 1.807) is 19.1 Å². The molecule has 0 spiro atoms. The fourth-order valence-corrected chi connectivity index (χ4v) is 2.84. The first-order valence-corrected chi connectivity index (χ1v) is 8.03. The summed E-state index contributed by atoms with van der Waals surface area (Å²) >= 11 is 0. The van der Waals surface area contributed by atoms with E-state index in [0.717, 1.165) is 16.5 Å². The average molecular weight is 349 g/mol. The summed E-state index contributed by atoms with van der Waals surface area (Å²) in [5, 5.41) is 8.65. The van der Waals surface area contributed by atoms with Gasteiger partial charge in [-0.05, 0) is 37.6 Å². The zero-order chi connectivity index (χ0) is 18.1. The van der Waals surface area contributed by atoms with Crippen molar-refractivity contribution >= 4 is 16.9 Å².